The van der Waals surface area contributed by atoms with Gasteiger partial charge in [-0.05, 0) is 24.4 Å². The van der Waals surface area contributed by atoms with Gasteiger partial charge in [0.2, 0.25) is 0 Å². The molecule has 1 aromatic carbocycles. The van der Waals surface area contributed by atoms with E-state index in [1.807, 2.05) is 6.07 Å². The quantitative estimate of drug-likeness (QED) is 0.674. The van der Waals surface area contributed by atoms with Crippen molar-refractivity contribution in [3.05, 3.63) is 56.6 Å². The number of hydrogen-bond donors (Lipinski definition) is 1. The molecule has 1 atom stereocenters. The van der Waals surface area contributed by atoms with Gasteiger partial charge in [0.1, 0.15) is 0 Å². The van der Waals surface area contributed by atoms with E-state index in [2.05, 4.69) is 48.0 Å². The first-order chi connectivity index (χ1) is 9.25. The van der Waals surface area contributed by atoms with E-state index >= 15 is 0 Å². The largest absolute Gasteiger partial charge is 0.304 e. The van der Waals surface area contributed by atoms with Crippen LogP contribution in [0.3, 0.4) is 0 Å². The second kappa shape index (κ2) is 5.63. The molecule has 0 saturated carbocycles. The Morgan fingerprint density at radius 1 is 1.21 bits per heavy atom. The van der Waals surface area contributed by atoms with Crippen LogP contribution in [0.15, 0.2) is 41.8 Å². The molecule has 1 nitrogen and oxygen atoms in total. The molecule has 98 valence electrons. The summed E-state index contributed by atoms with van der Waals surface area (Å²) in [7, 11) is 0. The van der Waals surface area contributed by atoms with Crippen molar-refractivity contribution in [3.63, 3.8) is 0 Å². The minimum Gasteiger partial charge on any atom is -0.304 e. The van der Waals surface area contributed by atoms with Crippen molar-refractivity contribution in [2.45, 2.75) is 19.5 Å². The van der Waals surface area contributed by atoms with Crippen molar-refractivity contribution in [3.8, 4) is 0 Å². The second-order valence-corrected chi connectivity index (χ2v) is 6.95. The van der Waals surface area contributed by atoms with Crippen LogP contribution in [0.5, 0.6) is 0 Å². The fourth-order valence-electron chi connectivity index (χ4n) is 2.06. The first kappa shape index (κ1) is 13.1. The van der Waals surface area contributed by atoms with Crippen LogP contribution in [0.1, 0.15) is 22.7 Å². The SMILES string of the molecule is CC(NCc1sc2ccccc2c1Cl)c1cccs1. The summed E-state index contributed by atoms with van der Waals surface area (Å²) >= 11 is 9.99. The maximum absolute atomic E-state index is 6.44. The third-order valence-electron chi connectivity index (χ3n) is 3.14. The summed E-state index contributed by atoms with van der Waals surface area (Å²) in [5.41, 5.74) is 0. The van der Waals surface area contributed by atoms with Crippen LogP contribution in [0.4, 0.5) is 0 Å². The zero-order valence-electron chi connectivity index (χ0n) is 10.5. The Hall–Kier alpha value is -0.870. The van der Waals surface area contributed by atoms with Gasteiger partial charge in [-0.15, -0.1) is 22.7 Å². The molecule has 2 aromatic heterocycles. The highest BCUT2D eigenvalue weighted by atomic mass is 35.5. The van der Waals surface area contributed by atoms with E-state index in [0.717, 1.165) is 17.0 Å². The molecule has 4 heteroatoms. The van der Waals surface area contributed by atoms with Crippen LogP contribution in [0.25, 0.3) is 10.1 Å². The molecule has 3 aromatic rings. The van der Waals surface area contributed by atoms with Crippen LogP contribution in [0, 0.1) is 0 Å². The van der Waals surface area contributed by atoms with E-state index in [1.165, 1.54) is 14.5 Å². The lowest BCUT2D eigenvalue weighted by Crippen LogP contribution is -2.16. The predicted molar refractivity (Wildman–Crippen MR) is 86.4 cm³/mol. The van der Waals surface area contributed by atoms with Gasteiger partial charge in [-0.3, -0.25) is 0 Å². The van der Waals surface area contributed by atoms with Crippen molar-refractivity contribution in [1.82, 2.24) is 5.32 Å². The minimum absolute atomic E-state index is 0.362. The molecule has 0 spiro atoms. The van der Waals surface area contributed by atoms with Gasteiger partial charge in [-0.1, -0.05) is 35.9 Å². The zero-order chi connectivity index (χ0) is 13.2. The van der Waals surface area contributed by atoms with Gasteiger partial charge >= 0.3 is 0 Å². The Morgan fingerprint density at radius 3 is 2.79 bits per heavy atom. The van der Waals surface area contributed by atoms with Crippen molar-refractivity contribution in [2.75, 3.05) is 0 Å². The van der Waals surface area contributed by atoms with Gasteiger partial charge in [0.25, 0.3) is 0 Å². The normalized spacial score (nSPS) is 12.9. The Kier molecular flexibility index (Phi) is 3.89. The molecular weight excluding hydrogens is 294 g/mol. The van der Waals surface area contributed by atoms with Crippen molar-refractivity contribution < 1.29 is 0 Å². The summed E-state index contributed by atoms with van der Waals surface area (Å²) in [5.74, 6) is 0. The molecule has 0 saturated heterocycles. The molecule has 2 heterocycles. The molecule has 0 bridgehead atoms. The average molecular weight is 308 g/mol. The summed E-state index contributed by atoms with van der Waals surface area (Å²) < 4.78 is 1.26. The third-order valence-corrected chi connectivity index (χ3v) is 5.91. The summed E-state index contributed by atoms with van der Waals surface area (Å²) in [6, 6.07) is 12.9. The van der Waals surface area contributed by atoms with Crippen LogP contribution >= 0.6 is 34.3 Å². The summed E-state index contributed by atoms with van der Waals surface area (Å²) in [6.45, 7) is 3.00. The topological polar surface area (TPSA) is 12.0 Å². The first-order valence-corrected chi connectivity index (χ1v) is 8.26. The van der Waals surface area contributed by atoms with Crippen LogP contribution in [-0.2, 0) is 6.54 Å². The molecule has 0 aliphatic rings. The molecular formula is C15H14ClNS2. The monoisotopic (exact) mass is 307 g/mol. The van der Waals surface area contributed by atoms with Gasteiger partial charge in [-0.2, -0.15) is 0 Å². The summed E-state index contributed by atoms with van der Waals surface area (Å²) in [6.07, 6.45) is 0. The average Bonchev–Trinajstić information content (AvgIpc) is 3.05. The van der Waals surface area contributed by atoms with Crippen LogP contribution in [0.2, 0.25) is 5.02 Å². The number of nitrogens with one attached hydrogen (secondary N) is 1. The number of halogens is 1. The predicted octanol–water partition coefficient (Wildman–Crippen LogP) is 5.47. The number of thiophene rings is 2. The Balaban J connectivity index is 1.77. The van der Waals surface area contributed by atoms with E-state index < -0.39 is 0 Å². The number of rotatable bonds is 4. The maximum atomic E-state index is 6.44. The van der Waals surface area contributed by atoms with E-state index in [0.29, 0.717) is 6.04 Å². The van der Waals surface area contributed by atoms with Gasteiger partial charge < -0.3 is 5.32 Å². The van der Waals surface area contributed by atoms with Gasteiger partial charge in [0.05, 0.1) is 5.02 Å². The van der Waals surface area contributed by atoms with Crippen molar-refractivity contribution >= 4 is 44.4 Å². The minimum atomic E-state index is 0.362. The van der Waals surface area contributed by atoms with Crippen molar-refractivity contribution in [2.24, 2.45) is 0 Å². The fourth-order valence-corrected chi connectivity index (χ4v) is 4.27. The van der Waals surface area contributed by atoms with Gasteiger partial charge in [0.15, 0.2) is 0 Å². The maximum Gasteiger partial charge on any atom is 0.0636 e. The molecule has 0 amide bonds. The second-order valence-electron chi connectivity index (χ2n) is 4.45. The van der Waals surface area contributed by atoms with Gasteiger partial charge in [-0.25, -0.2) is 0 Å². The van der Waals surface area contributed by atoms with E-state index in [-0.39, 0.29) is 0 Å². The summed E-state index contributed by atoms with van der Waals surface area (Å²) in [4.78, 5) is 2.57. The molecule has 0 fully saturated rings. The van der Waals surface area contributed by atoms with Crippen LogP contribution in [-0.4, -0.2) is 0 Å². The smallest absolute Gasteiger partial charge is 0.0636 e. The standard InChI is InChI=1S/C15H14ClNS2/c1-10(12-7-4-8-18-12)17-9-14-15(16)11-5-2-3-6-13(11)19-14/h2-8,10,17H,9H2,1H3. The number of hydrogen-bond acceptors (Lipinski definition) is 3. The lowest BCUT2D eigenvalue weighted by atomic mass is 10.2. The number of benzene rings is 1. The molecule has 1 N–H and O–H groups in total. The van der Waals surface area contributed by atoms with E-state index in [4.69, 9.17) is 11.6 Å². The highest BCUT2D eigenvalue weighted by Crippen LogP contribution is 2.35. The Labute approximate surface area is 125 Å². The Bertz CT molecular complexity index is 673. The molecule has 0 radical (unpaired) electrons. The lowest BCUT2D eigenvalue weighted by Gasteiger charge is -2.11. The Morgan fingerprint density at radius 2 is 2.05 bits per heavy atom. The molecule has 3 rings (SSSR count). The molecule has 19 heavy (non-hydrogen) atoms. The molecule has 0 aliphatic heterocycles. The highest BCUT2D eigenvalue weighted by Gasteiger charge is 2.11. The van der Waals surface area contributed by atoms with Gasteiger partial charge in [0, 0.05) is 32.4 Å². The number of fused-ring (bicyclic) bond motifs is 1. The highest BCUT2D eigenvalue weighted by molar-refractivity contribution is 7.19. The van der Waals surface area contributed by atoms with Crippen molar-refractivity contribution in [1.29, 1.82) is 0 Å². The van der Waals surface area contributed by atoms with E-state index in [1.54, 1.807) is 22.7 Å². The third kappa shape index (κ3) is 2.70. The fraction of sp³-hybridized carbons (Fsp3) is 0.200. The van der Waals surface area contributed by atoms with Crippen LogP contribution < -0.4 is 5.32 Å². The molecule has 1 unspecified atom stereocenters. The summed E-state index contributed by atoms with van der Waals surface area (Å²) in [5, 5.41) is 7.71. The zero-order valence-corrected chi connectivity index (χ0v) is 12.9. The van der Waals surface area contributed by atoms with E-state index in [9.17, 15) is 0 Å². The first-order valence-electron chi connectivity index (χ1n) is 6.18. The lowest BCUT2D eigenvalue weighted by molar-refractivity contribution is 0.587. The molecule has 0 aliphatic carbocycles.